The van der Waals surface area contributed by atoms with Gasteiger partial charge in [-0.3, -0.25) is 9.59 Å². The molecule has 2 aromatic rings. The quantitative estimate of drug-likeness (QED) is 0.821. The van der Waals surface area contributed by atoms with E-state index in [-0.39, 0.29) is 11.8 Å². The van der Waals surface area contributed by atoms with E-state index in [0.717, 1.165) is 35.9 Å². The summed E-state index contributed by atoms with van der Waals surface area (Å²) in [5, 5.41) is 7.59. The Bertz CT molecular complexity index is 851. The highest BCUT2D eigenvalue weighted by molar-refractivity contribution is 7.13. The second-order valence-corrected chi connectivity index (χ2v) is 9.29. The largest absolute Gasteiger partial charge is 0.357 e. The number of hydrogen-bond acceptors (Lipinski definition) is 5. The second-order valence-electron chi connectivity index (χ2n) is 8.34. The van der Waals surface area contributed by atoms with Crippen LogP contribution in [0.25, 0.3) is 10.7 Å². The fourth-order valence-corrected chi connectivity index (χ4v) is 4.24. The lowest BCUT2D eigenvalue weighted by Gasteiger charge is -2.29. The SMILES string of the molecule is CNC(=O)[C@@H](NC(=O)c1nc(-c2cccs2)n2c1CN(C)CCC2)C(C)(C)C. The van der Waals surface area contributed by atoms with E-state index in [2.05, 4.69) is 27.1 Å². The maximum absolute atomic E-state index is 13.2. The first-order chi connectivity index (χ1) is 13.2. The van der Waals surface area contributed by atoms with E-state index < -0.39 is 11.5 Å². The first-order valence-corrected chi connectivity index (χ1v) is 10.4. The molecule has 1 atom stereocenters. The van der Waals surface area contributed by atoms with Crippen molar-refractivity contribution in [3.63, 3.8) is 0 Å². The Morgan fingerprint density at radius 2 is 2.04 bits per heavy atom. The summed E-state index contributed by atoms with van der Waals surface area (Å²) in [6.07, 6.45) is 1.00. The molecule has 0 fully saturated rings. The molecule has 0 saturated heterocycles. The highest BCUT2D eigenvalue weighted by Crippen LogP contribution is 2.29. The third kappa shape index (κ3) is 4.12. The van der Waals surface area contributed by atoms with Gasteiger partial charge in [-0.15, -0.1) is 11.3 Å². The molecule has 0 radical (unpaired) electrons. The van der Waals surface area contributed by atoms with Gasteiger partial charge in [0.05, 0.1) is 10.6 Å². The minimum atomic E-state index is -0.643. The van der Waals surface area contributed by atoms with Crippen LogP contribution in [-0.4, -0.2) is 52.9 Å². The van der Waals surface area contributed by atoms with E-state index in [1.165, 1.54) is 0 Å². The van der Waals surface area contributed by atoms with Crippen molar-refractivity contribution < 1.29 is 9.59 Å². The van der Waals surface area contributed by atoms with Gasteiger partial charge in [0.1, 0.15) is 6.04 Å². The summed E-state index contributed by atoms with van der Waals surface area (Å²) in [6.45, 7) is 8.26. The summed E-state index contributed by atoms with van der Waals surface area (Å²) >= 11 is 1.62. The van der Waals surface area contributed by atoms with Crippen LogP contribution in [0.3, 0.4) is 0 Å². The minimum Gasteiger partial charge on any atom is -0.357 e. The van der Waals surface area contributed by atoms with Gasteiger partial charge in [-0.2, -0.15) is 0 Å². The second kappa shape index (κ2) is 8.05. The molecule has 0 bridgehead atoms. The van der Waals surface area contributed by atoms with Crippen molar-refractivity contribution in [2.75, 3.05) is 20.6 Å². The number of nitrogens with one attached hydrogen (secondary N) is 2. The molecule has 7 nitrogen and oxygen atoms in total. The number of carbonyl (C=O) groups is 2. The molecule has 3 heterocycles. The summed E-state index contributed by atoms with van der Waals surface area (Å²) < 4.78 is 2.16. The highest BCUT2D eigenvalue weighted by atomic mass is 32.1. The van der Waals surface area contributed by atoms with E-state index in [0.29, 0.717) is 12.2 Å². The predicted molar refractivity (Wildman–Crippen MR) is 111 cm³/mol. The molecule has 1 aliphatic rings. The zero-order valence-corrected chi connectivity index (χ0v) is 18.0. The molecule has 28 heavy (non-hydrogen) atoms. The molecule has 1 aliphatic heterocycles. The molecule has 2 amide bonds. The monoisotopic (exact) mass is 403 g/mol. The summed E-state index contributed by atoms with van der Waals surface area (Å²) in [5.41, 5.74) is 0.903. The van der Waals surface area contributed by atoms with Gasteiger partial charge in [0.25, 0.3) is 5.91 Å². The van der Waals surface area contributed by atoms with Crippen LogP contribution >= 0.6 is 11.3 Å². The van der Waals surface area contributed by atoms with Crippen molar-refractivity contribution in [1.29, 1.82) is 0 Å². The van der Waals surface area contributed by atoms with Crippen LogP contribution in [0.5, 0.6) is 0 Å². The van der Waals surface area contributed by atoms with Crippen molar-refractivity contribution in [3.05, 3.63) is 28.9 Å². The van der Waals surface area contributed by atoms with Crippen LogP contribution in [-0.2, 0) is 17.9 Å². The third-order valence-corrected chi connectivity index (χ3v) is 5.89. The van der Waals surface area contributed by atoms with Gasteiger partial charge in [-0.25, -0.2) is 4.98 Å². The van der Waals surface area contributed by atoms with Crippen molar-refractivity contribution in [2.45, 2.75) is 46.3 Å². The van der Waals surface area contributed by atoms with Gasteiger partial charge >= 0.3 is 0 Å². The number of thiophene rings is 1. The lowest BCUT2D eigenvalue weighted by Crippen LogP contribution is -2.53. The molecule has 3 rings (SSSR count). The number of hydrogen-bond donors (Lipinski definition) is 2. The molecule has 8 heteroatoms. The van der Waals surface area contributed by atoms with Crippen molar-refractivity contribution >= 4 is 23.2 Å². The average Bonchev–Trinajstić information content (AvgIpc) is 3.22. The Morgan fingerprint density at radius 1 is 1.29 bits per heavy atom. The Balaban J connectivity index is 2.01. The summed E-state index contributed by atoms with van der Waals surface area (Å²) in [5.74, 6) is 0.324. The van der Waals surface area contributed by atoms with Gasteiger partial charge in [0, 0.05) is 20.1 Å². The number of amides is 2. The normalized spacial score (nSPS) is 16.2. The van der Waals surface area contributed by atoms with E-state index in [4.69, 9.17) is 4.98 Å². The summed E-state index contributed by atoms with van der Waals surface area (Å²) in [7, 11) is 3.64. The number of fused-ring (bicyclic) bond motifs is 1. The molecule has 0 aliphatic carbocycles. The zero-order valence-electron chi connectivity index (χ0n) is 17.2. The molecule has 0 unspecified atom stereocenters. The van der Waals surface area contributed by atoms with E-state index in [1.807, 2.05) is 38.3 Å². The molecule has 2 aromatic heterocycles. The number of rotatable bonds is 4. The van der Waals surface area contributed by atoms with Crippen LogP contribution in [0, 0.1) is 5.41 Å². The molecule has 0 saturated carbocycles. The van der Waals surface area contributed by atoms with Crippen LogP contribution in [0.4, 0.5) is 0 Å². The highest BCUT2D eigenvalue weighted by Gasteiger charge is 2.34. The molecule has 2 N–H and O–H groups in total. The lowest BCUT2D eigenvalue weighted by atomic mass is 9.86. The van der Waals surface area contributed by atoms with E-state index in [9.17, 15) is 9.59 Å². The number of imidazole rings is 1. The standard InChI is InChI=1S/C20H29N5O2S/c1-20(2,3)16(19(27)21-4)23-18(26)15-13-12-24(5)9-7-10-25(13)17(22-15)14-8-6-11-28-14/h6,8,11,16H,7,9-10,12H2,1-5H3,(H,21,27)(H,23,26)/t16-/m1/s1. The summed E-state index contributed by atoms with van der Waals surface area (Å²) in [4.78, 5) is 33.6. The summed E-state index contributed by atoms with van der Waals surface area (Å²) in [6, 6.07) is 3.38. The van der Waals surface area contributed by atoms with Gasteiger partial charge in [-0.05, 0) is 36.9 Å². The first kappa shape index (κ1) is 20.5. The third-order valence-electron chi connectivity index (χ3n) is 5.02. The average molecular weight is 404 g/mol. The Labute approximate surface area is 170 Å². The number of likely N-dealkylation sites (N-methyl/N-ethyl adjacent to an activating group) is 1. The Morgan fingerprint density at radius 3 is 2.64 bits per heavy atom. The van der Waals surface area contributed by atoms with Gasteiger partial charge in [-0.1, -0.05) is 26.8 Å². The number of nitrogens with zero attached hydrogens (tertiary/aromatic N) is 3. The van der Waals surface area contributed by atoms with Crippen LogP contribution in [0.2, 0.25) is 0 Å². The van der Waals surface area contributed by atoms with Crippen LogP contribution in [0.1, 0.15) is 43.4 Å². The molecular formula is C20H29N5O2S. The molecular weight excluding hydrogens is 374 g/mol. The van der Waals surface area contributed by atoms with Gasteiger partial charge < -0.3 is 20.1 Å². The maximum atomic E-state index is 13.2. The predicted octanol–water partition coefficient (Wildman–Crippen LogP) is 2.34. The molecule has 152 valence electrons. The van der Waals surface area contributed by atoms with Crippen LogP contribution < -0.4 is 10.6 Å². The lowest BCUT2D eigenvalue weighted by molar-refractivity contribution is -0.124. The molecule has 0 spiro atoms. The Hall–Kier alpha value is -2.19. The first-order valence-electron chi connectivity index (χ1n) is 9.56. The van der Waals surface area contributed by atoms with Crippen molar-refractivity contribution in [1.82, 2.24) is 25.1 Å². The van der Waals surface area contributed by atoms with Gasteiger partial charge in [0.15, 0.2) is 11.5 Å². The minimum absolute atomic E-state index is 0.207. The zero-order chi connectivity index (χ0) is 20.5. The fraction of sp³-hybridized carbons (Fsp3) is 0.550. The number of carbonyl (C=O) groups excluding carboxylic acids is 2. The van der Waals surface area contributed by atoms with Gasteiger partial charge in [0.2, 0.25) is 5.91 Å². The Kier molecular flexibility index (Phi) is 5.90. The van der Waals surface area contributed by atoms with E-state index >= 15 is 0 Å². The van der Waals surface area contributed by atoms with E-state index in [1.54, 1.807) is 18.4 Å². The van der Waals surface area contributed by atoms with Crippen LogP contribution in [0.15, 0.2) is 17.5 Å². The maximum Gasteiger partial charge on any atom is 0.272 e. The topological polar surface area (TPSA) is 79.3 Å². The van der Waals surface area contributed by atoms with Crippen molar-refractivity contribution in [3.8, 4) is 10.7 Å². The fourth-order valence-electron chi connectivity index (χ4n) is 3.52. The van der Waals surface area contributed by atoms with Crippen molar-refractivity contribution in [2.24, 2.45) is 5.41 Å². The molecule has 0 aromatic carbocycles. The smallest absolute Gasteiger partial charge is 0.272 e. The number of aromatic nitrogens is 2.